The molecule has 28 heavy (non-hydrogen) atoms. The smallest absolute Gasteiger partial charge is 0.252 e. The van der Waals surface area contributed by atoms with Crippen LogP contribution in [0.4, 0.5) is 5.69 Å². The summed E-state index contributed by atoms with van der Waals surface area (Å²) in [6, 6.07) is 14.5. The van der Waals surface area contributed by atoms with Crippen molar-refractivity contribution in [1.29, 1.82) is 0 Å². The van der Waals surface area contributed by atoms with Gasteiger partial charge in [-0.05, 0) is 65.5 Å². The summed E-state index contributed by atoms with van der Waals surface area (Å²) >= 11 is 3.35. The van der Waals surface area contributed by atoms with Crippen molar-refractivity contribution in [2.75, 3.05) is 31.5 Å². The van der Waals surface area contributed by atoms with Gasteiger partial charge in [0.05, 0.1) is 10.5 Å². The van der Waals surface area contributed by atoms with Crippen molar-refractivity contribution in [3.8, 4) is 0 Å². The Morgan fingerprint density at radius 3 is 2.46 bits per heavy atom. The molecule has 1 aliphatic heterocycles. The number of sulfonamides is 1. The Kier molecular flexibility index (Phi) is 7.09. The van der Waals surface area contributed by atoms with Gasteiger partial charge in [0.15, 0.2) is 0 Å². The van der Waals surface area contributed by atoms with Crippen molar-refractivity contribution in [2.24, 2.45) is 0 Å². The summed E-state index contributed by atoms with van der Waals surface area (Å²) in [4.78, 5) is 12.7. The summed E-state index contributed by atoms with van der Waals surface area (Å²) < 4.78 is 27.5. The largest absolute Gasteiger partial charge is 0.385 e. The molecule has 0 atom stereocenters. The van der Waals surface area contributed by atoms with Gasteiger partial charge in [-0.25, -0.2) is 8.42 Å². The van der Waals surface area contributed by atoms with Crippen LogP contribution in [-0.2, 0) is 10.0 Å². The molecule has 0 aromatic heterocycles. The Hall–Kier alpha value is -1.90. The maximum atomic E-state index is 12.7. The number of halogens is 1. The van der Waals surface area contributed by atoms with Gasteiger partial charge in [-0.1, -0.05) is 18.2 Å². The molecule has 2 aromatic carbocycles. The van der Waals surface area contributed by atoms with Crippen molar-refractivity contribution in [1.82, 2.24) is 9.62 Å². The lowest BCUT2D eigenvalue weighted by Gasteiger charge is -2.16. The van der Waals surface area contributed by atoms with Crippen LogP contribution in [0.3, 0.4) is 0 Å². The summed E-state index contributed by atoms with van der Waals surface area (Å²) in [5.74, 6) is -0.287. The molecule has 2 N–H and O–H groups in total. The van der Waals surface area contributed by atoms with Crippen LogP contribution in [-0.4, -0.2) is 44.8 Å². The average molecular weight is 466 g/mol. The second-order valence-corrected chi connectivity index (χ2v) is 9.45. The molecule has 6 nitrogen and oxygen atoms in total. The zero-order valence-electron chi connectivity index (χ0n) is 15.5. The van der Waals surface area contributed by atoms with E-state index in [0.29, 0.717) is 29.7 Å². The summed E-state index contributed by atoms with van der Waals surface area (Å²) in [5, 5.41) is 6.14. The Bertz CT molecular complexity index is 914. The van der Waals surface area contributed by atoms with Gasteiger partial charge in [0, 0.05) is 36.3 Å². The molecule has 1 amide bonds. The highest BCUT2D eigenvalue weighted by Gasteiger charge is 2.28. The lowest BCUT2D eigenvalue weighted by Crippen LogP contribution is -2.29. The van der Waals surface area contributed by atoms with Crippen LogP contribution in [0.1, 0.15) is 29.6 Å². The highest BCUT2D eigenvalue weighted by Crippen LogP contribution is 2.25. The zero-order chi connectivity index (χ0) is 20.0. The molecule has 0 radical (unpaired) electrons. The fourth-order valence-electron chi connectivity index (χ4n) is 3.09. The zero-order valence-corrected chi connectivity index (χ0v) is 17.9. The molecule has 1 heterocycles. The Morgan fingerprint density at radius 1 is 1.04 bits per heavy atom. The average Bonchev–Trinajstić information content (AvgIpc) is 3.24. The van der Waals surface area contributed by atoms with Crippen LogP contribution in [0, 0.1) is 0 Å². The molecule has 0 bridgehead atoms. The number of nitrogens with one attached hydrogen (secondary N) is 2. The van der Waals surface area contributed by atoms with E-state index in [-0.39, 0.29) is 10.8 Å². The van der Waals surface area contributed by atoms with Gasteiger partial charge in [0.2, 0.25) is 10.0 Å². The van der Waals surface area contributed by atoms with E-state index in [9.17, 15) is 13.2 Å². The van der Waals surface area contributed by atoms with Crippen molar-refractivity contribution in [2.45, 2.75) is 24.2 Å². The van der Waals surface area contributed by atoms with Crippen molar-refractivity contribution < 1.29 is 13.2 Å². The minimum Gasteiger partial charge on any atom is -0.385 e. The van der Waals surface area contributed by atoms with Crippen LogP contribution < -0.4 is 10.6 Å². The van der Waals surface area contributed by atoms with Crippen molar-refractivity contribution in [3.63, 3.8) is 0 Å². The summed E-state index contributed by atoms with van der Waals surface area (Å²) in [6.45, 7) is 2.30. The SMILES string of the molecule is O=C(NCCCNc1ccccc1)c1cc(S(=O)(=O)N2CCCC2)ccc1Br. The molecular weight excluding hydrogens is 442 g/mol. The second-order valence-electron chi connectivity index (χ2n) is 6.66. The second kappa shape index (κ2) is 9.54. The monoisotopic (exact) mass is 465 g/mol. The van der Waals surface area contributed by atoms with Gasteiger partial charge in [-0.15, -0.1) is 0 Å². The van der Waals surface area contributed by atoms with Crippen molar-refractivity contribution >= 4 is 37.5 Å². The molecule has 8 heteroatoms. The van der Waals surface area contributed by atoms with E-state index in [1.807, 2.05) is 30.3 Å². The molecule has 1 saturated heterocycles. The maximum Gasteiger partial charge on any atom is 0.252 e. The number of anilines is 1. The third kappa shape index (κ3) is 5.12. The van der Waals surface area contributed by atoms with E-state index in [1.165, 1.54) is 16.4 Å². The quantitative estimate of drug-likeness (QED) is 0.585. The topological polar surface area (TPSA) is 78.5 Å². The molecule has 0 spiro atoms. The van der Waals surface area contributed by atoms with E-state index < -0.39 is 10.0 Å². The third-order valence-corrected chi connectivity index (χ3v) is 7.21. The van der Waals surface area contributed by atoms with Gasteiger partial charge >= 0.3 is 0 Å². The molecule has 1 fully saturated rings. The first kappa shape index (κ1) is 20.8. The lowest BCUT2D eigenvalue weighted by molar-refractivity contribution is 0.0952. The number of hydrogen-bond acceptors (Lipinski definition) is 4. The molecular formula is C20H24BrN3O3S. The number of rotatable bonds is 8. The number of para-hydroxylation sites is 1. The Labute approximate surface area is 174 Å². The number of carbonyl (C=O) groups excluding carboxylic acids is 1. The molecule has 2 aromatic rings. The number of amides is 1. The van der Waals surface area contributed by atoms with Gasteiger partial charge in [0.1, 0.15) is 0 Å². The predicted molar refractivity (Wildman–Crippen MR) is 114 cm³/mol. The van der Waals surface area contributed by atoms with E-state index in [0.717, 1.165) is 31.5 Å². The van der Waals surface area contributed by atoms with Crippen LogP contribution in [0.5, 0.6) is 0 Å². The summed E-state index contributed by atoms with van der Waals surface area (Å²) in [7, 11) is -3.55. The highest BCUT2D eigenvalue weighted by molar-refractivity contribution is 9.10. The maximum absolute atomic E-state index is 12.7. The van der Waals surface area contributed by atoms with Crippen molar-refractivity contribution in [3.05, 3.63) is 58.6 Å². The molecule has 0 aliphatic carbocycles. The fraction of sp³-hybridized carbons (Fsp3) is 0.350. The molecule has 150 valence electrons. The summed E-state index contributed by atoms with van der Waals surface area (Å²) in [6.07, 6.45) is 2.50. The number of nitrogens with zero attached hydrogens (tertiary/aromatic N) is 1. The first-order valence-electron chi connectivity index (χ1n) is 9.35. The number of benzene rings is 2. The minimum absolute atomic E-state index is 0.161. The lowest BCUT2D eigenvalue weighted by atomic mass is 10.2. The normalized spacial score (nSPS) is 14.8. The van der Waals surface area contributed by atoms with Gasteiger partial charge in [0.25, 0.3) is 5.91 Å². The highest BCUT2D eigenvalue weighted by atomic mass is 79.9. The van der Waals surface area contributed by atoms with E-state index in [1.54, 1.807) is 6.07 Å². The number of hydrogen-bond donors (Lipinski definition) is 2. The first-order chi connectivity index (χ1) is 13.5. The Morgan fingerprint density at radius 2 is 1.75 bits per heavy atom. The minimum atomic E-state index is -3.55. The summed E-state index contributed by atoms with van der Waals surface area (Å²) in [5.41, 5.74) is 1.37. The van der Waals surface area contributed by atoms with Crippen LogP contribution >= 0.6 is 15.9 Å². The molecule has 1 aliphatic rings. The van der Waals surface area contributed by atoms with Crippen LogP contribution in [0.15, 0.2) is 57.9 Å². The third-order valence-electron chi connectivity index (χ3n) is 4.63. The first-order valence-corrected chi connectivity index (χ1v) is 11.6. The van der Waals surface area contributed by atoms with Gasteiger partial charge in [-0.3, -0.25) is 4.79 Å². The van der Waals surface area contributed by atoms with E-state index >= 15 is 0 Å². The fourth-order valence-corrected chi connectivity index (χ4v) is 5.06. The van der Waals surface area contributed by atoms with Crippen LogP contribution in [0.25, 0.3) is 0 Å². The van der Waals surface area contributed by atoms with E-state index in [4.69, 9.17) is 0 Å². The Balaban J connectivity index is 1.57. The molecule has 0 unspecified atom stereocenters. The molecule has 3 rings (SSSR count). The number of carbonyl (C=O) groups is 1. The van der Waals surface area contributed by atoms with E-state index in [2.05, 4.69) is 26.6 Å². The van der Waals surface area contributed by atoms with Gasteiger partial charge in [-0.2, -0.15) is 4.31 Å². The van der Waals surface area contributed by atoms with Crippen LogP contribution in [0.2, 0.25) is 0 Å². The molecule has 0 saturated carbocycles. The standard InChI is InChI=1S/C20H24BrN3O3S/c21-19-10-9-17(28(26,27)24-13-4-5-14-24)15-18(19)20(25)23-12-6-11-22-16-7-2-1-3-8-16/h1-3,7-10,15,22H,4-6,11-14H2,(H,23,25). The van der Waals surface area contributed by atoms with Gasteiger partial charge < -0.3 is 10.6 Å². The predicted octanol–water partition coefficient (Wildman–Crippen LogP) is 3.47.